The van der Waals surface area contributed by atoms with Gasteiger partial charge in [-0.1, -0.05) is 21.5 Å². The average molecular weight is 285 g/mol. The maximum Gasteiger partial charge on any atom is 0.125 e. The van der Waals surface area contributed by atoms with Crippen LogP contribution in [-0.2, 0) is 0 Å². The monoisotopic (exact) mass is 284 g/mol. The lowest BCUT2D eigenvalue weighted by Gasteiger charge is -2.13. The van der Waals surface area contributed by atoms with Gasteiger partial charge >= 0.3 is 0 Å². The first kappa shape index (κ1) is 13.3. The van der Waals surface area contributed by atoms with E-state index in [0.717, 1.165) is 27.8 Å². The van der Waals surface area contributed by atoms with Crippen molar-refractivity contribution in [3.63, 3.8) is 0 Å². The van der Waals surface area contributed by atoms with Crippen molar-refractivity contribution in [3.8, 4) is 5.75 Å². The van der Waals surface area contributed by atoms with Crippen molar-refractivity contribution in [3.05, 3.63) is 40.4 Å². The van der Waals surface area contributed by atoms with Crippen molar-refractivity contribution >= 4 is 15.9 Å². The van der Waals surface area contributed by atoms with Crippen LogP contribution in [0.25, 0.3) is 0 Å². The van der Waals surface area contributed by atoms with Crippen molar-refractivity contribution in [2.24, 2.45) is 0 Å². The first-order valence-electron chi connectivity index (χ1n) is 5.25. The van der Waals surface area contributed by atoms with Gasteiger partial charge in [0.15, 0.2) is 0 Å². The second-order valence-corrected chi connectivity index (χ2v) is 4.83. The van der Waals surface area contributed by atoms with Crippen LogP contribution in [0.1, 0.15) is 31.9 Å². The molecule has 88 valence electrons. The molecular formula is C13H17BrO2. The number of halogens is 1. The van der Waals surface area contributed by atoms with Gasteiger partial charge in [-0.2, -0.15) is 0 Å². The molecular weight excluding hydrogens is 268 g/mol. The Balaban J connectivity index is 2.74. The molecule has 16 heavy (non-hydrogen) atoms. The molecule has 1 N–H and O–H groups in total. The average Bonchev–Trinajstić information content (AvgIpc) is 2.19. The largest absolute Gasteiger partial charge is 0.493 e. The van der Waals surface area contributed by atoms with Gasteiger partial charge in [0.25, 0.3) is 0 Å². The van der Waals surface area contributed by atoms with E-state index in [4.69, 9.17) is 4.74 Å². The van der Waals surface area contributed by atoms with E-state index in [2.05, 4.69) is 22.5 Å². The maximum atomic E-state index is 9.62. The van der Waals surface area contributed by atoms with Gasteiger partial charge in [-0.15, -0.1) is 6.58 Å². The number of ether oxygens (including phenoxy) is 1. The van der Waals surface area contributed by atoms with E-state index >= 15 is 0 Å². The predicted octanol–water partition coefficient (Wildman–Crippen LogP) is 3.85. The fourth-order valence-corrected chi connectivity index (χ4v) is 1.69. The molecule has 0 heterocycles. The summed E-state index contributed by atoms with van der Waals surface area (Å²) in [6, 6.07) is 5.65. The Hall–Kier alpha value is -0.800. The van der Waals surface area contributed by atoms with Crippen LogP contribution in [0.3, 0.4) is 0 Å². The maximum absolute atomic E-state index is 9.62. The molecule has 0 bridgehead atoms. The Morgan fingerprint density at radius 1 is 1.56 bits per heavy atom. The second kappa shape index (κ2) is 6.06. The minimum Gasteiger partial charge on any atom is -0.493 e. The molecule has 0 radical (unpaired) electrons. The lowest BCUT2D eigenvalue weighted by Crippen LogP contribution is -2.02. The third kappa shape index (κ3) is 3.99. The molecule has 0 aromatic heterocycles. The molecule has 1 aromatic rings. The standard InChI is InChI=1S/C13H17BrO2/c1-9(2)6-7-16-13-5-4-11(14)8-12(13)10(3)15/h4-5,8,10,15H,1,6-7H2,2-3H3. The molecule has 0 aliphatic rings. The number of rotatable bonds is 5. The summed E-state index contributed by atoms with van der Waals surface area (Å²) in [5.74, 6) is 0.736. The molecule has 3 heteroatoms. The normalized spacial score (nSPS) is 12.2. The van der Waals surface area contributed by atoms with E-state index in [1.54, 1.807) is 6.92 Å². The van der Waals surface area contributed by atoms with Gasteiger partial charge in [-0.25, -0.2) is 0 Å². The molecule has 0 spiro atoms. The molecule has 0 saturated carbocycles. The molecule has 1 unspecified atom stereocenters. The van der Waals surface area contributed by atoms with Crippen LogP contribution in [0.5, 0.6) is 5.75 Å². The van der Waals surface area contributed by atoms with Crippen molar-refractivity contribution < 1.29 is 9.84 Å². The van der Waals surface area contributed by atoms with E-state index in [-0.39, 0.29) is 0 Å². The van der Waals surface area contributed by atoms with Crippen LogP contribution in [0.2, 0.25) is 0 Å². The fraction of sp³-hybridized carbons (Fsp3) is 0.385. The van der Waals surface area contributed by atoms with Crippen LogP contribution in [0.15, 0.2) is 34.8 Å². The Kier molecular flexibility index (Phi) is 5.03. The van der Waals surface area contributed by atoms with E-state index in [0.29, 0.717) is 6.61 Å². The lowest BCUT2D eigenvalue weighted by atomic mass is 10.1. The Morgan fingerprint density at radius 2 is 2.25 bits per heavy atom. The Morgan fingerprint density at radius 3 is 2.81 bits per heavy atom. The number of aliphatic hydroxyl groups excluding tert-OH is 1. The highest BCUT2D eigenvalue weighted by Gasteiger charge is 2.09. The van der Waals surface area contributed by atoms with Crippen LogP contribution >= 0.6 is 15.9 Å². The summed E-state index contributed by atoms with van der Waals surface area (Å²) in [5.41, 5.74) is 1.90. The fourth-order valence-electron chi connectivity index (χ4n) is 1.31. The van der Waals surface area contributed by atoms with Crippen molar-refractivity contribution in [2.45, 2.75) is 26.4 Å². The first-order valence-corrected chi connectivity index (χ1v) is 6.04. The summed E-state index contributed by atoms with van der Waals surface area (Å²) in [5, 5.41) is 9.62. The molecule has 1 atom stereocenters. The van der Waals surface area contributed by atoms with Crippen LogP contribution < -0.4 is 4.74 Å². The van der Waals surface area contributed by atoms with E-state index in [1.165, 1.54) is 0 Å². The molecule has 1 aromatic carbocycles. The third-order valence-electron chi connectivity index (χ3n) is 2.21. The smallest absolute Gasteiger partial charge is 0.125 e. The lowest BCUT2D eigenvalue weighted by molar-refractivity contribution is 0.191. The summed E-state index contributed by atoms with van der Waals surface area (Å²) in [4.78, 5) is 0. The zero-order chi connectivity index (χ0) is 12.1. The zero-order valence-corrected chi connectivity index (χ0v) is 11.3. The molecule has 1 rings (SSSR count). The van der Waals surface area contributed by atoms with Gasteiger partial charge in [0.2, 0.25) is 0 Å². The highest BCUT2D eigenvalue weighted by molar-refractivity contribution is 9.10. The number of benzene rings is 1. The molecule has 0 amide bonds. The summed E-state index contributed by atoms with van der Waals surface area (Å²) in [6.45, 7) is 8.12. The topological polar surface area (TPSA) is 29.5 Å². The Bertz CT molecular complexity index is 372. The van der Waals surface area contributed by atoms with Gasteiger partial charge < -0.3 is 9.84 Å². The van der Waals surface area contributed by atoms with Crippen LogP contribution in [0, 0.1) is 0 Å². The molecule has 0 saturated heterocycles. The van der Waals surface area contributed by atoms with Gasteiger partial charge in [0, 0.05) is 16.5 Å². The van der Waals surface area contributed by atoms with Gasteiger partial charge in [0.05, 0.1) is 12.7 Å². The van der Waals surface area contributed by atoms with Crippen molar-refractivity contribution in [2.75, 3.05) is 6.61 Å². The first-order chi connectivity index (χ1) is 7.50. The van der Waals surface area contributed by atoms with E-state index < -0.39 is 6.10 Å². The van der Waals surface area contributed by atoms with Gasteiger partial charge in [-0.3, -0.25) is 0 Å². The molecule has 2 nitrogen and oxygen atoms in total. The quantitative estimate of drug-likeness (QED) is 0.833. The predicted molar refractivity (Wildman–Crippen MR) is 69.7 cm³/mol. The van der Waals surface area contributed by atoms with Gasteiger partial charge in [-0.05, 0) is 32.0 Å². The number of hydrogen-bond donors (Lipinski definition) is 1. The molecule has 0 aliphatic carbocycles. The van der Waals surface area contributed by atoms with E-state index in [9.17, 15) is 5.11 Å². The summed E-state index contributed by atoms with van der Waals surface area (Å²) >= 11 is 3.38. The summed E-state index contributed by atoms with van der Waals surface area (Å²) in [6.07, 6.45) is 0.298. The van der Waals surface area contributed by atoms with Crippen molar-refractivity contribution in [1.29, 1.82) is 0 Å². The van der Waals surface area contributed by atoms with Gasteiger partial charge in [0.1, 0.15) is 5.75 Å². The minimum atomic E-state index is -0.530. The highest BCUT2D eigenvalue weighted by Crippen LogP contribution is 2.28. The van der Waals surface area contributed by atoms with E-state index in [1.807, 2.05) is 25.1 Å². The summed E-state index contributed by atoms with van der Waals surface area (Å²) in [7, 11) is 0. The van der Waals surface area contributed by atoms with Crippen molar-refractivity contribution in [1.82, 2.24) is 0 Å². The third-order valence-corrected chi connectivity index (χ3v) is 2.70. The number of hydrogen-bond acceptors (Lipinski definition) is 2. The SMILES string of the molecule is C=C(C)CCOc1ccc(Br)cc1C(C)O. The summed E-state index contributed by atoms with van der Waals surface area (Å²) < 4.78 is 6.56. The number of aliphatic hydroxyl groups is 1. The second-order valence-electron chi connectivity index (χ2n) is 3.91. The molecule has 0 fully saturated rings. The highest BCUT2D eigenvalue weighted by atomic mass is 79.9. The minimum absolute atomic E-state index is 0.530. The molecule has 0 aliphatic heterocycles. The van der Waals surface area contributed by atoms with Crippen LogP contribution in [-0.4, -0.2) is 11.7 Å². The van der Waals surface area contributed by atoms with Crippen LogP contribution in [0.4, 0.5) is 0 Å². The Labute approximate surface area is 105 Å². The zero-order valence-electron chi connectivity index (χ0n) is 9.66.